The van der Waals surface area contributed by atoms with Gasteiger partial charge in [0.25, 0.3) is 0 Å². The van der Waals surface area contributed by atoms with Gasteiger partial charge in [-0.05, 0) is 35.1 Å². The number of carboxylic acids is 1. The van der Waals surface area contributed by atoms with E-state index in [-0.39, 0.29) is 0 Å². The molecule has 0 amide bonds. The van der Waals surface area contributed by atoms with E-state index in [1.54, 1.807) is 34.3 Å². The third-order valence-corrected chi connectivity index (χ3v) is 6.75. The molecule has 0 saturated carbocycles. The molecule has 1 N–H and O–H groups in total. The quantitative estimate of drug-likeness (QED) is 0.712. The summed E-state index contributed by atoms with van der Waals surface area (Å²) in [6, 6.07) is 10.2. The summed E-state index contributed by atoms with van der Waals surface area (Å²) in [5.41, 5.74) is 0.537. The summed E-state index contributed by atoms with van der Waals surface area (Å²) in [5.74, 6) is 0.554. The van der Waals surface area contributed by atoms with E-state index in [9.17, 15) is 9.90 Å². The molecule has 0 fully saturated rings. The molecular weight excluding hydrogens is 344 g/mol. The molecule has 1 aromatic carbocycles. The van der Waals surface area contributed by atoms with E-state index in [0.717, 1.165) is 0 Å². The van der Waals surface area contributed by atoms with Crippen LogP contribution in [0.5, 0.6) is 0 Å². The molecule has 1 aromatic rings. The molecule has 23 heavy (non-hydrogen) atoms. The molecule has 5 heteroatoms. The van der Waals surface area contributed by atoms with Crippen LogP contribution >= 0.6 is 35.3 Å². The number of carboxylic acid groups (broad SMARTS) is 1. The van der Waals surface area contributed by atoms with Gasteiger partial charge in [-0.25, -0.2) is 0 Å². The average Bonchev–Trinajstić information content (AvgIpc) is 2.70. The van der Waals surface area contributed by atoms with Crippen molar-refractivity contribution in [2.45, 2.75) is 13.8 Å². The minimum absolute atomic E-state index is 0.622. The van der Waals surface area contributed by atoms with Crippen LogP contribution in [0.25, 0.3) is 4.91 Å². The van der Waals surface area contributed by atoms with E-state index < -0.39 is 11.4 Å². The minimum Gasteiger partial charge on any atom is -0.481 e. The van der Waals surface area contributed by atoms with Gasteiger partial charge in [-0.1, -0.05) is 43.5 Å². The van der Waals surface area contributed by atoms with E-state index in [4.69, 9.17) is 0 Å². The normalized spacial score (nSPS) is 20.8. The first kappa shape index (κ1) is 20.0. The lowest BCUT2D eigenvalue weighted by atomic mass is 9.97. The Morgan fingerprint density at radius 2 is 1.78 bits per heavy atom. The summed E-state index contributed by atoms with van der Waals surface area (Å²) < 4.78 is 0. The third-order valence-electron chi connectivity index (χ3n) is 3.21. The highest BCUT2D eigenvalue weighted by atomic mass is 32.2. The summed E-state index contributed by atoms with van der Waals surface area (Å²) in [6.07, 6.45) is 0. The smallest absolute Gasteiger partial charge is 0.311 e. The molecule has 1 atom stereocenters. The predicted octanol–water partition coefficient (Wildman–Crippen LogP) is 5.95. The minimum atomic E-state index is -0.704. The van der Waals surface area contributed by atoms with Crippen molar-refractivity contribution in [1.82, 2.24) is 0 Å². The van der Waals surface area contributed by atoms with Crippen molar-refractivity contribution >= 4 is 46.2 Å². The molecule has 2 rings (SSSR count). The molecule has 124 valence electrons. The Hall–Kier alpha value is -1.04. The molecule has 0 aromatic heterocycles. The Labute approximate surface area is 151 Å². The summed E-state index contributed by atoms with van der Waals surface area (Å²) >= 11 is 4.80. The Balaban J connectivity index is 0.000000463. The van der Waals surface area contributed by atoms with Crippen LogP contribution in [0.15, 0.2) is 59.2 Å². The standard InChI is InChI=1S/C14H16O2S2.C4H6S/c1-10-12(11-6-4-3-5-7-11)18-9-14(2,8-17-10)13(15)16;1-3-5-4-2/h3-7H,8-9H2,1-2H3,(H,15,16);3-4H,1-2H2. The second kappa shape index (κ2) is 9.96. The van der Waals surface area contributed by atoms with Crippen molar-refractivity contribution < 1.29 is 9.90 Å². The van der Waals surface area contributed by atoms with E-state index >= 15 is 0 Å². The van der Waals surface area contributed by atoms with E-state index in [1.165, 1.54) is 27.1 Å². The highest BCUT2D eigenvalue weighted by Crippen LogP contribution is 2.44. The zero-order chi connectivity index (χ0) is 17.3. The van der Waals surface area contributed by atoms with Crippen LogP contribution in [-0.4, -0.2) is 22.6 Å². The van der Waals surface area contributed by atoms with Crippen LogP contribution < -0.4 is 0 Å². The second-order valence-electron chi connectivity index (χ2n) is 5.16. The van der Waals surface area contributed by atoms with Gasteiger partial charge in [-0.15, -0.1) is 35.3 Å². The molecule has 0 bridgehead atoms. The number of aliphatic carboxylic acids is 1. The molecule has 2 nitrogen and oxygen atoms in total. The lowest BCUT2D eigenvalue weighted by molar-refractivity contribution is -0.145. The Bertz CT molecular complexity index is 575. The first-order chi connectivity index (χ1) is 10.9. The monoisotopic (exact) mass is 366 g/mol. The molecule has 1 unspecified atom stereocenters. The van der Waals surface area contributed by atoms with Gasteiger partial charge in [-0.3, -0.25) is 4.79 Å². The fraction of sp³-hybridized carbons (Fsp3) is 0.278. The summed E-state index contributed by atoms with van der Waals surface area (Å²) in [7, 11) is 0. The number of thioether (sulfide) groups is 3. The number of hydrogen-bond donors (Lipinski definition) is 1. The largest absolute Gasteiger partial charge is 0.481 e. The van der Waals surface area contributed by atoms with Crippen LogP contribution in [0.4, 0.5) is 0 Å². The lowest BCUT2D eigenvalue weighted by Gasteiger charge is -2.21. The fourth-order valence-electron chi connectivity index (χ4n) is 1.78. The highest BCUT2D eigenvalue weighted by molar-refractivity contribution is 8.11. The number of benzene rings is 1. The van der Waals surface area contributed by atoms with Crippen LogP contribution in [0.3, 0.4) is 0 Å². The molecule has 1 aliphatic rings. The highest BCUT2D eigenvalue weighted by Gasteiger charge is 2.36. The van der Waals surface area contributed by atoms with Gasteiger partial charge in [0.05, 0.1) is 5.41 Å². The first-order valence-electron chi connectivity index (χ1n) is 7.07. The van der Waals surface area contributed by atoms with Gasteiger partial charge < -0.3 is 5.11 Å². The molecular formula is C18H22O2S3. The van der Waals surface area contributed by atoms with Gasteiger partial charge in [0, 0.05) is 16.4 Å². The zero-order valence-corrected chi connectivity index (χ0v) is 15.9. The van der Waals surface area contributed by atoms with Gasteiger partial charge >= 0.3 is 5.97 Å². The second-order valence-corrected chi connectivity index (χ2v) is 8.28. The number of rotatable bonds is 4. The van der Waals surface area contributed by atoms with Crippen molar-refractivity contribution in [2.75, 3.05) is 11.5 Å². The average molecular weight is 367 g/mol. The summed E-state index contributed by atoms with van der Waals surface area (Å²) in [5, 5.41) is 12.8. The molecule has 0 aliphatic carbocycles. The van der Waals surface area contributed by atoms with Crippen molar-refractivity contribution in [2.24, 2.45) is 5.41 Å². The number of hydrogen-bond acceptors (Lipinski definition) is 4. The van der Waals surface area contributed by atoms with Crippen molar-refractivity contribution in [3.8, 4) is 0 Å². The topological polar surface area (TPSA) is 37.3 Å². The predicted molar refractivity (Wildman–Crippen MR) is 108 cm³/mol. The zero-order valence-electron chi connectivity index (χ0n) is 13.5. The first-order valence-corrected chi connectivity index (χ1v) is 9.98. The Morgan fingerprint density at radius 1 is 1.22 bits per heavy atom. The summed E-state index contributed by atoms with van der Waals surface area (Å²) in [6.45, 7) is 10.8. The number of allylic oxidation sites excluding steroid dienone is 1. The maximum atomic E-state index is 11.3. The van der Waals surface area contributed by atoms with Crippen molar-refractivity contribution in [3.63, 3.8) is 0 Å². The van der Waals surface area contributed by atoms with Crippen LogP contribution in [0.2, 0.25) is 0 Å². The summed E-state index contributed by atoms with van der Waals surface area (Å²) in [4.78, 5) is 13.8. The van der Waals surface area contributed by atoms with Gasteiger partial charge in [-0.2, -0.15) is 0 Å². The Morgan fingerprint density at radius 3 is 2.26 bits per heavy atom. The van der Waals surface area contributed by atoms with Crippen molar-refractivity contribution in [3.05, 3.63) is 64.8 Å². The van der Waals surface area contributed by atoms with Crippen LogP contribution in [0, 0.1) is 5.41 Å². The van der Waals surface area contributed by atoms with E-state index in [0.29, 0.717) is 11.5 Å². The van der Waals surface area contributed by atoms with Crippen LogP contribution in [-0.2, 0) is 4.79 Å². The SMILES string of the molecule is C=CSC=C.CC1=C(c2ccccc2)SCC(C)(C(=O)O)CS1. The molecule has 1 heterocycles. The molecule has 1 aliphatic heterocycles. The number of carbonyl (C=O) groups is 1. The molecule has 0 radical (unpaired) electrons. The Kier molecular flexibility index (Phi) is 8.66. The third kappa shape index (κ3) is 6.16. The van der Waals surface area contributed by atoms with Gasteiger partial charge in [0.1, 0.15) is 0 Å². The lowest BCUT2D eigenvalue weighted by Crippen LogP contribution is -2.32. The van der Waals surface area contributed by atoms with E-state index in [2.05, 4.69) is 32.2 Å². The van der Waals surface area contributed by atoms with E-state index in [1.807, 2.05) is 25.1 Å². The van der Waals surface area contributed by atoms with Gasteiger partial charge in [0.2, 0.25) is 0 Å². The maximum Gasteiger partial charge on any atom is 0.311 e. The fourth-order valence-corrected chi connectivity index (χ4v) is 4.60. The van der Waals surface area contributed by atoms with Gasteiger partial charge in [0.15, 0.2) is 0 Å². The van der Waals surface area contributed by atoms with Crippen LogP contribution in [0.1, 0.15) is 19.4 Å². The van der Waals surface area contributed by atoms with Crippen molar-refractivity contribution in [1.29, 1.82) is 0 Å². The molecule has 0 spiro atoms. The molecule has 0 saturated heterocycles. The maximum absolute atomic E-state index is 11.3.